The van der Waals surface area contributed by atoms with Gasteiger partial charge in [-0.15, -0.1) is 0 Å². The summed E-state index contributed by atoms with van der Waals surface area (Å²) in [6.07, 6.45) is 2.96. The lowest BCUT2D eigenvalue weighted by molar-refractivity contribution is 0.0695. The van der Waals surface area contributed by atoms with Gasteiger partial charge in [-0.05, 0) is 32.4 Å². The Balaban J connectivity index is 2.78. The summed E-state index contributed by atoms with van der Waals surface area (Å²) in [6, 6.07) is 0. The van der Waals surface area contributed by atoms with E-state index in [1.807, 2.05) is 0 Å². The molecule has 0 aromatic heterocycles. The number of nitrogens with one attached hydrogen (secondary N) is 1. The van der Waals surface area contributed by atoms with Crippen LogP contribution in [0, 0.1) is 0 Å². The maximum Gasteiger partial charge on any atom is 0.0700 e. The predicted octanol–water partition coefficient (Wildman–Crippen LogP) is 0.402. The molecule has 0 amide bonds. The van der Waals surface area contributed by atoms with Crippen molar-refractivity contribution in [1.82, 2.24) is 5.32 Å². The Hall–Kier alpha value is -0.160. The van der Waals surface area contributed by atoms with Crippen LogP contribution in [-0.2, 0) is 9.47 Å². The first-order chi connectivity index (χ1) is 6.91. The van der Waals surface area contributed by atoms with Gasteiger partial charge in [0.25, 0.3) is 0 Å². The highest BCUT2D eigenvalue weighted by Crippen LogP contribution is 1.85. The lowest BCUT2D eigenvalue weighted by Crippen LogP contribution is -2.18. The van der Waals surface area contributed by atoms with Crippen molar-refractivity contribution in [2.45, 2.75) is 19.3 Å². The monoisotopic (exact) mass is 205 g/mol. The molecular weight excluding hydrogens is 182 g/mol. The van der Waals surface area contributed by atoms with E-state index >= 15 is 0 Å². The van der Waals surface area contributed by atoms with Gasteiger partial charge in [-0.3, -0.25) is 0 Å². The van der Waals surface area contributed by atoms with E-state index in [-0.39, 0.29) is 0 Å². The highest BCUT2D eigenvalue weighted by molar-refractivity contribution is 4.48. The summed E-state index contributed by atoms with van der Waals surface area (Å²) < 4.78 is 10.1. The standard InChI is InChI=1S/C10H23NO3/c1-13-9-10-14-8-4-6-11-5-2-3-7-12/h11-12H,2-10H2,1H3. The van der Waals surface area contributed by atoms with Crippen LogP contribution in [0.25, 0.3) is 0 Å². The summed E-state index contributed by atoms with van der Waals surface area (Å²) in [7, 11) is 1.67. The maximum atomic E-state index is 8.53. The summed E-state index contributed by atoms with van der Waals surface area (Å²) >= 11 is 0. The molecule has 0 aliphatic heterocycles. The van der Waals surface area contributed by atoms with Crippen molar-refractivity contribution in [3.63, 3.8) is 0 Å². The molecule has 4 heteroatoms. The van der Waals surface area contributed by atoms with Crippen LogP contribution in [-0.4, -0.2) is 51.7 Å². The van der Waals surface area contributed by atoms with Crippen LogP contribution in [0.5, 0.6) is 0 Å². The lowest BCUT2D eigenvalue weighted by atomic mass is 10.3. The molecule has 0 fully saturated rings. The van der Waals surface area contributed by atoms with Crippen molar-refractivity contribution in [1.29, 1.82) is 0 Å². The fourth-order valence-corrected chi connectivity index (χ4v) is 1.03. The average Bonchev–Trinajstić information content (AvgIpc) is 2.21. The Morgan fingerprint density at radius 3 is 2.50 bits per heavy atom. The van der Waals surface area contributed by atoms with Crippen molar-refractivity contribution in [2.24, 2.45) is 0 Å². The molecule has 0 spiro atoms. The molecular formula is C10H23NO3. The van der Waals surface area contributed by atoms with Gasteiger partial charge in [-0.25, -0.2) is 0 Å². The number of hydrogen-bond acceptors (Lipinski definition) is 4. The number of unbranched alkanes of at least 4 members (excludes halogenated alkanes) is 1. The molecule has 4 nitrogen and oxygen atoms in total. The molecule has 0 aliphatic carbocycles. The second-order valence-electron chi connectivity index (χ2n) is 3.14. The van der Waals surface area contributed by atoms with Gasteiger partial charge in [0.2, 0.25) is 0 Å². The van der Waals surface area contributed by atoms with Gasteiger partial charge in [-0.2, -0.15) is 0 Å². The molecule has 86 valence electrons. The maximum absolute atomic E-state index is 8.53. The third-order valence-electron chi connectivity index (χ3n) is 1.84. The zero-order valence-electron chi connectivity index (χ0n) is 9.13. The average molecular weight is 205 g/mol. The van der Waals surface area contributed by atoms with Crippen molar-refractivity contribution in [3.05, 3.63) is 0 Å². The molecule has 0 atom stereocenters. The summed E-state index contributed by atoms with van der Waals surface area (Å²) in [5.74, 6) is 0. The third-order valence-corrected chi connectivity index (χ3v) is 1.84. The normalized spacial score (nSPS) is 10.7. The Labute approximate surface area is 86.6 Å². The topological polar surface area (TPSA) is 50.7 Å². The Kier molecular flexibility index (Phi) is 12.7. The summed E-state index contributed by atoms with van der Waals surface area (Å²) in [4.78, 5) is 0. The Bertz CT molecular complexity index is 89.4. The van der Waals surface area contributed by atoms with Crippen LogP contribution in [0.2, 0.25) is 0 Å². The molecule has 0 aromatic rings. The first kappa shape index (κ1) is 13.8. The summed E-state index contributed by atoms with van der Waals surface area (Å²) in [5, 5.41) is 11.8. The molecule has 0 unspecified atom stereocenters. The second kappa shape index (κ2) is 12.8. The highest BCUT2D eigenvalue weighted by Gasteiger charge is 1.90. The molecule has 0 rings (SSSR count). The van der Waals surface area contributed by atoms with Crippen LogP contribution in [0.15, 0.2) is 0 Å². The fourth-order valence-electron chi connectivity index (χ4n) is 1.03. The zero-order chi connectivity index (χ0) is 10.5. The van der Waals surface area contributed by atoms with E-state index in [4.69, 9.17) is 14.6 Å². The van der Waals surface area contributed by atoms with E-state index < -0.39 is 0 Å². The number of hydrogen-bond donors (Lipinski definition) is 2. The van der Waals surface area contributed by atoms with E-state index in [9.17, 15) is 0 Å². The number of aliphatic hydroxyl groups is 1. The fraction of sp³-hybridized carbons (Fsp3) is 1.00. The molecule has 0 bridgehead atoms. The number of aliphatic hydroxyl groups excluding tert-OH is 1. The molecule has 14 heavy (non-hydrogen) atoms. The van der Waals surface area contributed by atoms with Gasteiger partial charge in [0.15, 0.2) is 0 Å². The molecule has 0 aliphatic rings. The highest BCUT2D eigenvalue weighted by atomic mass is 16.5. The second-order valence-corrected chi connectivity index (χ2v) is 3.14. The summed E-state index contributed by atoms with van der Waals surface area (Å²) in [5.41, 5.74) is 0. The van der Waals surface area contributed by atoms with E-state index in [1.54, 1.807) is 7.11 Å². The smallest absolute Gasteiger partial charge is 0.0700 e. The van der Waals surface area contributed by atoms with Crippen LogP contribution in [0.1, 0.15) is 19.3 Å². The van der Waals surface area contributed by atoms with Crippen LogP contribution < -0.4 is 5.32 Å². The van der Waals surface area contributed by atoms with Crippen molar-refractivity contribution < 1.29 is 14.6 Å². The van der Waals surface area contributed by atoms with Gasteiger partial charge in [0, 0.05) is 20.3 Å². The van der Waals surface area contributed by atoms with Crippen molar-refractivity contribution >= 4 is 0 Å². The number of ether oxygens (including phenoxy) is 2. The van der Waals surface area contributed by atoms with Crippen molar-refractivity contribution in [2.75, 3.05) is 46.6 Å². The first-order valence-electron chi connectivity index (χ1n) is 5.30. The minimum absolute atomic E-state index is 0.293. The van der Waals surface area contributed by atoms with Crippen LogP contribution in [0.4, 0.5) is 0 Å². The SMILES string of the molecule is COCCOCCCNCCCCO. The minimum Gasteiger partial charge on any atom is -0.396 e. The minimum atomic E-state index is 0.293. The molecule has 0 aromatic carbocycles. The van der Waals surface area contributed by atoms with E-state index in [1.165, 1.54) is 0 Å². The van der Waals surface area contributed by atoms with E-state index in [0.717, 1.165) is 39.0 Å². The van der Waals surface area contributed by atoms with E-state index in [0.29, 0.717) is 19.8 Å². The Morgan fingerprint density at radius 1 is 1.00 bits per heavy atom. The lowest BCUT2D eigenvalue weighted by Gasteiger charge is -2.05. The van der Waals surface area contributed by atoms with Crippen LogP contribution >= 0.6 is 0 Å². The molecule has 0 radical (unpaired) electrons. The third kappa shape index (κ3) is 11.8. The molecule has 2 N–H and O–H groups in total. The Morgan fingerprint density at radius 2 is 1.79 bits per heavy atom. The summed E-state index contributed by atoms with van der Waals surface area (Å²) in [6.45, 7) is 4.40. The van der Waals surface area contributed by atoms with Crippen molar-refractivity contribution in [3.8, 4) is 0 Å². The molecule has 0 saturated carbocycles. The number of methoxy groups -OCH3 is 1. The molecule has 0 heterocycles. The quantitative estimate of drug-likeness (QED) is 0.479. The largest absolute Gasteiger partial charge is 0.396 e. The van der Waals surface area contributed by atoms with E-state index in [2.05, 4.69) is 5.32 Å². The first-order valence-corrected chi connectivity index (χ1v) is 5.30. The zero-order valence-corrected chi connectivity index (χ0v) is 9.13. The van der Waals surface area contributed by atoms with Gasteiger partial charge in [0.05, 0.1) is 13.2 Å². The predicted molar refractivity (Wildman–Crippen MR) is 56.5 cm³/mol. The number of rotatable bonds is 11. The molecule has 0 saturated heterocycles. The van der Waals surface area contributed by atoms with Gasteiger partial charge in [-0.1, -0.05) is 0 Å². The van der Waals surface area contributed by atoms with Crippen LogP contribution in [0.3, 0.4) is 0 Å². The van der Waals surface area contributed by atoms with Gasteiger partial charge >= 0.3 is 0 Å². The van der Waals surface area contributed by atoms with Gasteiger partial charge < -0.3 is 19.9 Å². The van der Waals surface area contributed by atoms with Gasteiger partial charge in [0.1, 0.15) is 0 Å².